The van der Waals surface area contributed by atoms with Crippen LogP contribution in [-0.4, -0.2) is 63.0 Å². The molecule has 0 aromatic heterocycles. The van der Waals surface area contributed by atoms with Crippen LogP contribution in [0.15, 0.2) is 42.5 Å². The van der Waals surface area contributed by atoms with E-state index < -0.39 is 0 Å². The maximum absolute atomic E-state index is 12.6. The fraction of sp³-hybridized carbons (Fsp3) is 0.440. The van der Waals surface area contributed by atoms with Crippen LogP contribution in [0.25, 0.3) is 0 Å². The minimum atomic E-state index is -0.160. The number of aryl methyl sites for hydroxylation is 3. The highest BCUT2D eigenvalue weighted by Gasteiger charge is 2.26. The lowest BCUT2D eigenvalue weighted by atomic mass is 10.1. The summed E-state index contributed by atoms with van der Waals surface area (Å²) in [5.41, 5.74) is 5.60. The number of benzene rings is 2. The van der Waals surface area contributed by atoms with Crippen molar-refractivity contribution in [3.63, 3.8) is 0 Å². The molecule has 6 heteroatoms. The summed E-state index contributed by atoms with van der Waals surface area (Å²) < 4.78 is 0. The number of likely N-dealkylation sites (N-methyl/N-ethyl adjacent to an activating group) is 1. The standard InChI is InChI=1S/C25H34N4O2/c1-19-6-5-7-22(14-19)16-28-10-12-29(13-11-28)18-25(31)27(4)17-24(30)26-23-15-20(2)8-9-21(23)3/h5-9,14-15H,10-13,16-18H2,1-4H3,(H,26,30)/p+2. The molecule has 0 aliphatic carbocycles. The smallest absolute Gasteiger partial charge is 0.277 e. The molecule has 0 spiro atoms. The zero-order valence-corrected chi connectivity index (χ0v) is 19.3. The molecule has 2 aromatic carbocycles. The van der Waals surface area contributed by atoms with Crippen molar-refractivity contribution >= 4 is 17.5 Å². The molecule has 31 heavy (non-hydrogen) atoms. The van der Waals surface area contributed by atoms with Gasteiger partial charge in [0.25, 0.3) is 5.91 Å². The van der Waals surface area contributed by atoms with Gasteiger partial charge in [-0.1, -0.05) is 42.0 Å². The first kappa shape index (κ1) is 23.0. The van der Waals surface area contributed by atoms with E-state index in [-0.39, 0.29) is 18.4 Å². The molecule has 2 aromatic rings. The van der Waals surface area contributed by atoms with Gasteiger partial charge in [-0.05, 0) is 38.0 Å². The summed E-state index contributed by atoms with van der Waals surface area (Å²) in [6.07, 6.45) is 0. The van der Waals surface area contributed by atoms with Gasteiger partial charge in [-0.3, -0.25) is 9.59 Å². The van der Waals surface area contributed by atoms with Crippen LogP contribution in [0.4, 0.5) is 5.69 Å². The van der Waals surface area contributed by atoms with Gasteiger partial charge in [0.1, 0.15) is 32.7 Å². The highest BCUT2D eigenvalue weighted by Crippen LogP contribution is 2.16. The van der Waals surface area contributed by atoms with Crippen LogP contribution in [0.3, 0.4) is 0 Å². The Kier molecular flexibility index (Phi) is 7.82. The number of nitrogens with zero attached hydrogens (tertiary/aromatic N) is 1. The summed E-state index contributed by atoms with van der Waals surface area (Å²) in [5, 5.41) is 2.93. The number of piperazine rings is 1. The Bertz CT molecular complexity index is 919. The minimum Gasteiger partial charge on any atom is -0.332 e. The zero-order chi connectivity index (χ0) is 22.4. The van der Waals surface area contributed by atoms with Gasteiger partial charge in [0, 0.05) is 18.3 Å². The van der Waals surface area contributed by atoms with E-state index in [1.165, 1.54) is 16.0 Å². The van der Waals surface area contributed by atoms with Crippen molar-refractivity contribution < 1.29 is 19.4 Å². The Hall–Kier alpha value is -2.70. The van der Waals surface area contributed by atoms with Crippen molar-refractivity contribution in [2.24, 2.45) is 0 Å². The number of anilines is 1. The summed E-state index contributed by atoms with van der Waals surface area (Å²) in [5.74, 6) is -0.139. The average molecular weight is 425 g/mol. The van der Waals surface area contributed by atoms with E-state index in [2.05, 4.69) is 36.5 Å². The van der Waals surface area contributed by atoms with Crippen LogP contribution in [-0.2, 0) is 16.1 Å². The van der Waals surface area contributed by atoms with Crippen LogP contribution in [0.1, 0.15) is 22.3 Å². The number of hydrogen-bond acceptors (Lipinski definition) is 2. The molecule has 0 bridgehead atoms. The molecule has 1 aliphatic rings. The number of carbonyl (C=O) groups is 2. The Balaban J connectivity index is 1.41. The topological polar surface area (TPSA) is 58.3 Å². The van der Waals surface area contributed by atoms with Crippen molar-refractivity contribution in [2.75, 3.05) is 51.6 Å². The monoisotopic (exact) mass is 424 g/mol. The average Bonchev–Trinajstić information content (AvgIpc) is 2.72. The Labute approximate surface area is 185 Å². The molecule has 0 unspecified atom stereocenters. The molecule has 3 N–H and O–H groups in total. The molecule has 3 rings (SSSR count). The molecule has 1 saturated heterocycles. The summed E-state index contributed by atoms with van der Waals surface area (Å²) in [4.78, 5) is 29.5. The Morgan fingerprint density at radius 3 is 2.32 bits per heavy atom. The second kappa shape index (κ2) is 10.6. The lowest BCUT2D eigenvalue weighted by Crippen LogP contribution is -3.28. The molecule has 1 fully saturated rings. The van der Waals surface area contributed by atoms with Crippen molar-refractivity contribution in [1.29, 1.82) is 0 Å². The highest BCUT2D eigenvalue weighted by atomic mass is 16.2. The van der Waals surface area contributed by atoms with Crippen molar-refractivity contribution in [2.45, 2.75) is 27.3 Å². The number of nitrogens with one attached hydrogen (secondary N) is 3. The lowest BCUT2D eigenvalue weighted by Gasteiger charge is -2.30. The molecule has 1 aliphatic heterocycles. The van der Waals surface area contributed by atoms with E-state index in [0.29, 0.717) is 6.54 Å². The molecule has 1 heterocycles. The molecule has 6 nitrogen and oxygen atoms in total. The van der Waals surface area contributed by atoms with E-state index in [4.69, 9.17) is 0 Å². The van der Waals surface area contributed by atoms with Gasteiger partial charge in [-0.2, -0.15) is 0 Å². The fourth-order valence-corrected chi connectivity index (χ4v) is 4.13. The molecule has 0 radical (unpaired) electrons. The van der Waals surface area contributed by atoms with Crippen molar-refractivity contribution in [1.82, 2.24) is 4.90 Å². The largest absolute Gasteiger partial charge is 0.332 e. The van der Waals surface area contributed by atoms with Crippen molar-refractivity contribution in [3.05, 3.63) is 64.7 Å². The third-order valence-corrected chi connectivity index (χ3v) is 6.08. The van der Waals surface area contributed by atoms with Crippen LogP contribution in [0.5, 0.6) is 0 Å². The number of hydrogen-bond donors (Lipinski definition) is 3. The number of quaternary nitrogens is 2. The summed E-state index contributed by atoms with van der Waals surface area (Å²) in [6, 6.07) is 14.7. The van der Waals surface area contributed by atoms with Crippen LogP contribution >= 0.6 is 0 Å². The predicted octanol–water partition coefficient (Wildman–Crippen LogP) is -0.00764. The third kappa shape index (κ3) is 6.91. The van der Waals surface area contributed by atoms with E-state index in [1.807, 2.05) is 32.0 Å². The predicted molar refractivity (Wildman–Crippen MR) is 123 cm³/mol. The number of rotatable bonds is 7. The number of carbonyl (C=O) groups excluding carboxylic acids is 2. The first-order chi connectivity index (χ1) is 14.8. The maximum Gasteiger partial charge on any atom is 0.277 e. The molecule has 166 valence electrons. The van der Waals surface area contributed by atoms with E-state index in [0.717, 1.165) is 49.5 Å². The minimum absolute atomic E-state index is 0.0215. The highest BCUT2D eigenvalue weighted by molar-refractivity contribution is 5.95. The van der Waals surface area contributed by atoms with Gasteiger partial charge in [-0.15, -0.1) is 0 Å². The Morgan fingerprint density at radius 1 is 0.935 bits per heavy atom. The van der Waals surface area contributed by atoms with Crippen LogP contribution < -0.4 is 15.1 Å². The van der Waals surface area contributed by atoms with Crippen LogP contribution in [0, 0.1) is 20.8 Å². The summed E-state index contributed by atoms with van der Waals surface area (Å²) in [6.45, 7) is 11.7. The van der Waals surface area contributed by atoms with E-state index >= 15 is 0 Å². The lowest BCUT2D eigenvalue weighted by molar-refractivity contribution is -1.02. The zero-order valence-electron chi connectivity index (χ0n) is 19.3. The molecular weight excluding hydrogens is 388 g/mol. The first-order valence-electron chi connectivity index (χ1n) is 11.1. The van der Waals surface area contributed by atoms with Gasteiger partial charge in [0.2, 0.25) is 5.91 Å². The van der Waals surface area contributed by atoms with Crippen molar-refractivity contribution in [3.8, 4) is 0 Å². The molecular formula is C25H36N4O2+2. The van der Waals surface area contributed by atoms with Gasteiger partial charge in [0.05, 0.1) is 6.54 Å². The normalized spacial score (nSPS) is 18.5. The van der Waals surface area contributed by atoms with Gasteiger partial charge in [0.15, 0.2) is 6.54 Å². The van der Waals surface area contributed by atoms with Gasteiger partial charge >= 0.3 is 0 Å². The van der Waals surface area contributed by atoms with Gasteiger partial charge in [-0.25, -0.2) is 0 Å². The maximum atomic E-state index is 12.6. The second-order valence-corrected chi connectivity index (χ2v) is 8.96. The quantitative estimate of drug-likeness (QED) is 0.586. The second-order valence-electron chi connectivity index (χ2n) is 8.96. The molecule has 2 amide bonds. The molecule has 0 atom stereocenters. The molecule has 0 saturated carbocycles. The summed E-state index contributed by atoms with van der Waals surface area (Å²) in [7, 11) is 1.71. The fourth-order valence-electron chi connectivity index (χ4n) is 4.13. The van der Waals surface area contributed by atoms with E-state index in [1.54, 1.807) is 16.8 Å². The first-order valence-corrected chi connectivity index (χ1v) is 11.1. The SMILES string of the molecule is Cc1cccc(C[NH+]2CC[NH+](CC(=O)N(C)CC(=O)Nc3cc(C)ccc3C)CC2)c1. The Morgan fingerprint density at radius 2 is 1.61 bits per heavy atom. The third-order valence-electron chi connectivity index (χ3n) is 6.08. The van der Waals surface area contributed by atoms with Crippen LogP contribution in [0.2, 0.25) is 0 Å². The summed E-state index contributed by atoms with van der Waals surface area (Å²) >= 11 is 0. The van der Waals surface area contributed by atoms with Gasteiger partial charge < -0.3 is 20.0 Å². The van der Waals surface area contributed by atoms with E-state index in [9.17, 15) is 9.59 Å². The number of amides is 2.